The van der Waals surface area contributed by atoms with Gasteiger partial charge in [-0.15, -0.1) is 11.3 Å². The van der Waals surface area contributed by atoms with Crippen molar-refractivity contribution in [2.45, 2.75) is 6.42 Å². The van der Waals surface area contributed by atoms with Gasteiger partial charge >= 0.3 is 5.97 Å². The molecule has 4 nitrogen and oxygen atoms in total. The molecule has 2 aromatic heterocycles. The first-order valence-electron chi connectivity index (χ1n) is 5.79. The van der Waals surface area contributed by atoms with Crippen molar-refractivity contribution < 1.29 is 14.3 Å². The van der Waals surface area contributed by atoms with Crippen molar-refractivity contribution in [2.24, 2.45) is 0 Å². The summed E-state index contributed by atoms with van der Waals surface area (Å²) in [4.78, 5) is 18.3. The molecule has 0 radical (unpaired) electrons. The Labute approximate surface area is 113 Å². The van der Waals surface area contributed by atoms with Crippen LogP contribution in [-0.2, 0) is 6.42 Å². The number of halogens is 1. The average molecular weight is 278 g/mol. The molecule has 98 valence electrons. The third-order valence-electron chi connectivity index (χ3n) is 3.20. The van der Waals surface area contributed by atoms with Crippen LogP contribution in [0.1, 0.15) is 15.2 Å². The van der Waals surface area contributed by atoms with Crippen molar-refractivity contribution >= 4 is 23.0 Å². The highest BCUT2D eigenvalue weighted by Gasteiger charge is 2.23. The summed E-state index contributed by atoms with van der Waals surface area (Å²) in [7, 11) is 1.88. The molecule has 3 heterocycles. The molecule has 0 unspecified atom stereocenters. The maximum atomic E-state index is 13.3. The molecule has 1 N–H and O–H groups in total. The van der Waals surface area contributed by atoms with E-state index < -0.39 is 5.97 Å². The van der Waals surface area contributed by atoms with Crippen molar-refractivity contribution in [3.8, 4) is 10.6 Å². The molecule has 3 rings (SSSR count). The number of fused-ring (bicyclic) bond motifs is 3. The predicted molar refractivity (Wildman–Crippen MR) is 71.4 cm³/mol. The predicted octanol–water partition coefficient (Wildman–Crippen LogP) is 2.64. The fraction of sp³-hybridized carbons (Fsp3) is 0.231. The highest BCUT2D eigenvalue weighted by molar-refractivity contribution is 7.17. The van der Waals surface area contributed by atoms with Gasteiger partial charge in [-0.1, -0.05) is 0 Å². The number of rotatable bonds is 1. The molecule has 0 saturated carbocycles. The van der Waals surface area contributed by atoms with Crippen LogP contribution in [0.4, 0.5) is 10.1 Å². The fourth-order valence-corrected chi connectivity index (χ4v) is 3.28. The van der Waals surface area contributed by atoms with Crippen LogP contribution in [-0.4, -0.2) is 29.7 Å². The topological polar surface area (TPSA) is 53.4 Å². The molecule has 0 fully saturated rings. The second-order valence-corrected chi connectivity index (χ2v) is 5.52. The Balaban J connectivity index is 2.23. The molecule has 0 aliphatic carbocycles. The second kappa shape index (κ2) is 4.31. The number of nitrogens with zero attached hydrogens (tertiary/aromatic N) is 2. The number of aromatic carboxylic acids is 1. The van der Waals surface area contributed by atoms with Crippen LogP contribution >= 0.6 is 11.3 Å². The quantitative estimate of drug-likeness (QED) is 0.871. The number of likely N-dealkylation sites (N-methyl/N-ethyl adjacent to an activating group) is 1. The minimum absolute atomic E-state index is 0.298. The van der Waals surface area contributed by atoms with Crippen LogP contribution in [0.25, 0.3) is 10.6 Å². The lowest BCUT2D eigenvalue weighted by atomic mass is 10.1. The van der Waals surface area contributed by atoms with Gasteiger partial charge in [0.2, 0.25) is 0 Å². The summed E-state index contributed by atoms with van der Waals surface area (Å²) in [5.41, 5.74) is 2.33. The molecule has 6 heteroatoms. The van der Waals surface area contributed by atoms with Crippen LogP contribution in [0.2, 0.25) is 0 Å². The summed E-state index contributed by atoms with van der Waals surface area (Å²) in [5, 5.41) is 9.07. The van der Waals surface area contributed by atoms with Gasteiger partial charge in [-0.05, 0) is 18.1 Å². The third kappa shape index (κ3) is 1.98. The zero-order chi connectivity index (χ0) is 13.6. The van der Waals surface area contributed by atoms with Gasteiger partial charge in [-0.2, -0.15) is 0 Å². The van der Waals surface area contributed by atoms with E-state index in [9.17, 15) is 9.18 Å². The molecule has 0 aromatic carbocycles. The first-order chi connectivity index (χ1) is 9.06. The van der Waals surface area contributed by atoms with Gasteiger partial charge in [-0.25, -0.2) is 9.18 Å². The van der Waals surface area contributed by atoms with Crippen LogP contribution in [0.15, 0.2) is 18.3 Å². The number of carboxylic acid groups (broad SMARTS) is 1. The van der Waals surface area contributed by atoms with Crippen molar-refractivity contribution in [1.29, 1.82) is 0 Å². The fourth-order valence-electron chi connectivity index (χ4n) is 2.22. The largest absolute Gasteiger partial charge is 0.477 e. The maximum absolute atomic E-state index is 13.3. The smallest absolute Gasteiger partial charge is 0.345 e. The highest BCUT2D eigenvalue weighted by Crippen LogP contribution is 2.39. The Bertz CT molecular complexity index is 669. The molecule has 0 saturated heterocycles. The molecule has 0 bridgehead atoms. The van der Waals surface area contributed by atoms with Gasteiger partial charge in [0.25, 0.3) is 0 Å². The van der Waals surface area contributed by atoms with E-state index in [1.165, 1.54) is 23.6 Å². The van der Waals surface area contributed by atoms with Gasteiger partial charge in [-0.3, -0.25) is 4.98 Å². The third-order valence-corrected chi connectivity index (χ3v) is 4.37. The highest BCUT2D eigenvalue weighted by atomic mass is 32.1. The lowest BCUT2D eigenvalue weighted by Crippen LogP contribution is -2.19. The Kier molecular flexibility index (Phi) is 2.74. The van der Waals surface area contributed by atoms with Gasteiger partial charge in [0, 0.05) is 19.7 Å². The number of hydrogen-bond donors (Lipinski definition) is 1. The Morgan fingerprint density at radius 2 is 2.32 bits per heavy atom. The summed E-state index contributed by atoms with van der Waals surface area (Å²) in [6, 6.07) is 3.13. The number of pyridine rings is 1. The first-order valence-corrected chi connectivity index (χ1v) is 6.61. The first kappa shape index (κ1) is 12.1. The van der Waals surface area contributed by atoms with E-state index in [0.29, 0.717) is 22.8 Å². The van der Waals surface area contributed by atoms with Gasteiger partial charge < -0.3 is 10.0 Å². The van der Waals surface area contributed by atoms with Crippen LogP contribution in [0.5, 0.6) is 0 Å². The van der Waals surface area contributed by atoms with E-state index in [2.05, 4.69) is 4.98 Å². The zero-order valence-corrected chi connectivity index (χ0v) is 11.0. The number of aromatic nitrogens is 1. The van der Waals surface area contributed by atoms with Crippen molar-refractivity contribution in [3.05, 3.63) is 34.6 Å². The van der Waals surface area contributed by atoms with Crippen molar-refractivity contribution in [3.63, 3.8) is 0 Å². The molecule has 0 amide bonds. The normalized spacial score (nSPS) is 13.7. The number of thiophene rings is 1. The molecule has 1 aliphatic heterocycles. The van der Waals surface area contributed by atoms with E-state index in [0.717, 1.165) is 16.9 Å². The van der Waals surface area contributed by atoms with Crippen molar-refractivity contribution in [2.75, 3.05) is 18.5 Å². The molecule has 2 aromatic rings. The average Bonchev–Trinajstić information content (AvgIpc) is 2.75. The number of carboxylic acids is 1. The second-order valence-electron chi connectivity index (χ2n) is 4.46. The molecule has 1 aliphatic rings. The summed E-state index contributed by atoms with van der Waals surface area (Å²) in [6.07, 6.45) is 1.90. The van der Waals surface area contributed by atoms with E-state index in [4.69, 9.17) is 5.11 Å². The van der Waals surface area contributed by atoms with E-state index in [-0.39, 0.29) is 5.82 Å². The number of carbonyl (C=O) groups is 1. The summed E-state index contributed by atoms with van der Waals surface area (Å²) in [5.74, 6) is -1.32. The number of hydrogen-bond acceptors (Lipinski definition) is 4. The van der Waals surface area contributed by atoms with Crippen molar-refractivity contribution in [1.82, 2.24) is 4.98 Å². The zero-order valence-electron chi connectivity index (χ0n) is 10.2. The molecular formula is C13H11FN2O2S. The molecule has 19 heavy (non-hydrogen) atoms. The van der Waals surface area contributed by atoms with Gasteiger partial charge in [0.15, 0.2) is 0 Å². The molecule has 0 atom stereocenters. The minimum atomic E-state index is -0.935. The van der Waals surface area contributed by atoms with Crippen LogP contribution < -0.4 is 4.90 Å². The Morgan fingerprint density at radius 1 is 1.53 bits per heavy atom. The number of anilines is 1. The Hall–Kier alpha value is -1.95. The summed E-state index contributed by atoms with van der Waals surface area (Å²) in [6.45, 7) is 0.709. The maximum Gasteiger partial charge on any atom is 0.345 e. The van der Waals surface area contributed by atoms with E-state index in [1.54, 1.807) is 6.07 Å². The monoisotopic (exact) mass is 278 g/mol. The van der Waals surface area contributed by atoms with E-state index >= 15 is 0 Å². The van der Waals surface area contributed by atoms with Gasteiger partial charge in [0.05, 0.1) is 16.8 Å². The summed E-state index contributed by atoms with van der Waals surface area (Å²) >= 11 is 1.20. The van der Waals surface area contributed by atoms with Gasteiger partial charge in [0.1, 0.15) is 16.4 Å². The van der Waals surface area contributed by atoms with E-state index in [1.807, 2.05) is 11.9 Å². The SMILES string of the molecule is CN1CCc2cc(C(=O)O)sc2-c2ncc(F)cc21. The minimum Gasteiger partial charge on any atom is -0.477 e. The molecular weight excluding hydrogens is 267 g/mol. The standard InChI is InChI=1S/C13H11FN2O2S/c1-16-3-2-7-4-10(13(17)18)19-12(7)11-9(16)5-8(14)6-15-11/h4-6H,2-3H2,1H3,(H,17,18). The van der Waals surface area contributed by atoms with Crippen LogP contribution in [0, 0.1) is 5.82 Å². The lowest BCUT2D eigenvalue weighted by molar-refractivity contribution is 0.0702. The summed E-state index contributed by atoms with van der Waals surface area (Å²) < 4.78 is 13.3. The van der Waals surface area contributed by atoms with Crippen LogP contribution in [0.3, 0.4) is 0 Å². The molecule has 0 spiro atoms. The lowest BCUT2D eigenvalue weighted by Gasteiger charge is -2.18. The Morgan fingerprint density at radius 3 is 3.05 bits per heavy atom.